The topological polar surface area (TPSA) is 52.0 Å². The van der Waals surface area contributed by atoms with E-state index in [-0.39, 0.29) is 5.82 Å². The van der Waals surface area contributed by atoms with Crippen LogP contribution >= 0.6 is 22.6 Å². The zero-order valence-corrected chi connectivity index (χ0v) is 10.1. The third-order valence-corrected chi connectivity index (χ3v) is 3.14. The Hall–Kier alpha value is -1.11. The van der Waals surface area contributed by atoms with Gasteiger partial charge < -0.3 is 10.3 Å². The van der Waals surface area contributed by atoms with Crippen molar-refractivity contribution in [2.24, 2.45) is 0 Å². The highest BCUT2D eigenvalue weighted by Crippen LogP contribution is 2.31. The van der Waals surface area contributed by atoms with Gasteiger partial charge in [0.25, 0.3) is 0 Å². The van der Waals surface area contributed by atoms with Crippen molar-refractivity contribution >= 4 is 28.4 Å². The molecular weight excluding hydrogens is 310 g/mol. The van der Waals surface area contributed by atoms with Crippen molar-refractivity contribution in [3.63, 3.8) is 0 Å². The highest BCUT2D eigenvalue weighted by molar-refractivity contribution is 14.1. The maximum absolute atomic E-state index is 12.9. The lowest BCUT2D eigenvalue weighted by Crippen LogP contribution is -1.88. The molecule has 0 amide bonds. The second kappa shape index (κ2) is 3.80. The van der Waals surface area contributed by atoms with Crippen LogP contribution in [0.1, 0.15) is 5.56 Å². The summed E-state index contributed by atoms with van der Waals surface area (Å²) in [6.45, 7) is 1.81. The van der Waals surface area contributed by atoms with Crippen LogP contribution in [0, 0.1) is 16.3 Å². The highest BCUT2D eigenvalue weighted by Gasteiger charge is 2.14. The van der Waals surface area contributed by atoms with Crippen molar-refractivity contribution in [1.82, 2.24) is 5.16 Å². The number of hydrogen-bond acceptors (Lipinski definition) is 3. The number of aromatic nitrogens is 1. The Morgan fingerprint density at radius 3 is 2.73 bits per heavy atom. The average molecular weight is 318 g/mol. The normalized spacial score (nSPS) is 10.6. The number of anilines is 1. The minimum atomic E-state index is -0.265. The summed E-state index contributed by atoms with van der Waals surface area (Å²) >= 11 is 2.05. The Kier molecular flexibility index (Phi) is 2.64. The number of nitrogens with two attached hydrogens (primary N) is 1. The second-order valence-corrected chi connectivity index (χ2v) is 4.25. The van der Waals surface area contributed by atoms with Gasteiger partial charge in [-0.1, -0.05) is 5.16 Å². The zero-order valence-electron chi connectivity index (χ0n) is 7.92. The molecule has 0 saturated heterocycles. The monoisotopic (exact) mass is 318 g/mol. The third-order valence-electron chi connectivity index (χ3n) is 2.09. The predicted octanol–water partition coefficient (Wildman–Crippen LogP) is 2.98. The van der Waals surface area contributed by atoms with Crippen LogP contribution in [0.15, 0.2) is 22.7 Å². The van der Waals surface area contributed by atoms with Gasteiger partial charge in [-0.3, -0.25) is 0 Å². The molecule has 0 aliphatic carbocycles. The van der Waals surface area contributed by atoms with E-state index in [4.69, 9.17) is 10.3 Å². The van der Waals surface area contributed by atoms with E-state index in [1.807, 2.05) is 6.92 Å². The van der Waals surface area contributed by atoms with E-state index in [9.17, 15) is 4.39 Å². The highest BCUT2D eigenvalue weighted by atomic mass is 127. The summed E-state index contributed by atoms with van der Waals surface area (Å²) in [5.41, 5.74) is 7.18. The number of benzene rings is 1. The van der Waals surface area contributed by atoms with E-state index in [1.165, 1.54) is 12.1 Å². The van der Waals surface area contributed by atoms with Crippen LogP contribution in [0.2, 0.25) is 0 Å². The quantitative estimate of drug-likeness (QED) is 0.823. The molecule has 0 aliphatic heterocycles. The molecule has 0 bridgehead atoms. The van der Waals surface area contributed by atoms with Gasteiger partial charge in [-0.25, -0.2) is 4.39 Å². The standard InChI is InChI=1S/C10H8FIN2O/c1-5-4-6(11)2-3-7(5)9-8(12)10(13)14-15-9/h2-4H,1H3,(H2,13,14). The fraction of sp³-hybridized carbons (Fsp3) is 0.100. The molecule has 5 heteroatoms. The first-order valence-corrected chi connectivity index (χ1v) is 5.34. The molecule has 2 rings (SSSR count). The van der Waals surface area contributed by atoms with E-state index in [0.717, 1.165) is 14.7 Å². The number of nitrogens with zero attached hydrogens (tertiary/aromatic N) is 1. The molecule has 15 heavy (non-hydrogen) atoms. The smallest absolute Gasteiger partial charge is 0.182 e. The molecule has 0 saturated carbocycles. The van der Waals surface area contributed by atoms with Gasteiger partial charge in [-0.2, -0.15) is 0 Å². The molecule has 3 nitrogen and oxygen atoms in total. The lowest BCUT2D eigenvalue weighted by Gasteiger charge is -2.01. The molecule has 2 aromatic rings. The van der Waals surface area contributed by atoms with Crippen LogP contribution in [0.5, 0.6) is 0 Å². The zero-order chi connectivity index (χ0) is 11.0. The summed E-state index contributed by atoms with van der Waals surface area (Å²) < 4.78 is 18.7. The van der Waals surface area contributed by atoms with Crippen molar-refractivity contribution < 1.29 is 8.91 Å². The van der Waals surface area contributed by atoms with Crippen LogP contribution in [-0.2, 0) is 0 Å². The van der Waals surface area contributed by atoms with Crippen molar-refractivity contribution in [3.05, 3.63) is 33.1 Å². The molecule has 0 aliphatic rings. The third kappa shape index (κ3) is 1.83. The predicted molar refractivity (Wildman–Crippen MR) is 63.8 cm³/mol. The van der Waals surface area contributed by atoms with E-state index >= 15 is 0 Å². The minimum Gasteiger partial charge on any atom is -0.380 e. The Morgan fingerprint density at radius 2 is 2.20 bits per heavy atom. The van der Waals surface area contributed by atoms with Gasteiger partial charge in [0.1, 0.15) is 9.39 Å². The first-order chi connectivity index (χ1) is 7.09. The van der Waals surface area contributed by atoms with Crippen LogP contribution in [0.25, 0.3) is 11.3 Å². The van der Waals surface area contributed by atoms with Crippen molar-refractivity contribution in [1.29, 1.82) is 0 Å². The van der Waals surface area contributed by atoms with Gasteiger partial charge in [0.2, 0.25) is 0 Å². The molecule has 0 spiro atoms. The molecule has 0 atom stereocenters. The molecule has 78 valence electrons. The fourth-order valence-electron chi connectivity index (χ4n) is 1.34. The van der Waals surface area contributed by atoms with Gasteiger partial charge in [-0.05, 0) is 53.3 Å². The first-order valence-electron chi connectivity index (χ1n) is 4.26. The van der Waals surface area contributed by atoms with Gasteiger partial charge >= 0.3 is 0 Å². The lowest BCUT2D eigenvalue weighted by atomic mass is 10.1. The Morgan fingerprint density at radius 1 is 1.47 bits per heavy atom. The van der Waals surface area contributed by atoms with Crippen LogP contribution in [0.3, 0.4) is 0 Å². The van der Waals surface area contributed by atoms with Crippen molar-refractivity contribution in [3.8, 4) is 11.3 Å². The molecule has 0 radical (unpaired) electrons. The van der Waals surface area contributed by atoms with Gasteiger partial charge in [-0.15, -0.1) is 0 Å². The maximum atomic E-state index is 12.9. The second-order valence-electron chi connectivity index (χ2n) is 3.17. The van der Waals surface area contributed by atoms with E-state index in [2.05, 4.69) is 27.7 Å². The van der Waals surface area contributed by atoms with Gasteiger partial charge in [0, 0.05) is 5.56 Å². The van der Waals surface area contributed by atoms with Gasteiger partial charge in [0.15, 0.2) is 11.6 Å². The van der Waals surface area contributed by atoms with Crippen molar-refractivity contribution in [2.75, 3.05) is 5.73 Å². The summed E-state index contributed by atoms with van der Waals surface area (Å²) in [5, 5.41) is 3.66. The maximum Gasteiger partial charge on any atom is 0.182 e. The number of hydrogen-bond donors (Lipinski definition) is 1. The summed E-state index contributed by atoms with van der Waals surface area (Å²) in [4.78, 5) is 0. The molecule has 2 N–H and O–H groups in total. The number of rotatable bonds is 1. The van der Waals surface area contributed by atoms with Crippen LogP contribution in [0.4, 0.5) is 10.2 Å². The Bertz CT molecular complexity index is 510. The first kappa shape index (κ1) is 10.4. The largest absolute Gasteiger partial charge is 0.380 e. The Labute approximate surface area is 99.6 Å². The van der Waals surface area contributed by atoms with Crippen LogP contribution in [-0.4, -0.2) is 5.16 Å². The molecule has 1 aromatic carbocycles. The number of nitrogen functional groups attached to an aromatic ring is 1. The fourth-order valence-corrected chi connectivity index (χ4v) is 1.83. The molecular formula is C10H8FIN2O. The summed E-state index contributed by atoms with van der Waals surface area (Å²) in [7, 11) is 0. The van der Waals surface area contributed by atoms with E-state index < -0.39 is 0 Å². The number of aryl methyl sites for hydroxylation is 1. The molecule has 1 aromatic heterocycles. The number of halogens is 2. The SMILES string of the molecule is Cc1cc(F)ccc1-c1onc(N)c1I. The minimum absolute atomic E-state index is 0.265. The molecule has 0 unspecified atom stereocenters. The van der Waals surface area contributed by atoms with Crippen molar-refractivity contribution in [2.45, 2.75) is 6.92 Å². The average Bonchev–Trinajstić information content (AvgIpc) is 2.49. The summed E-state index contributed by atoms with van der Waals surface area (Å²) in [5.74, 6) is 0.679. The van der Waals surface area contributed by atoms with Gasteiger partial charge in [0.05, 0.1) is 0 Å². The summed E-state index contributed by atoms with van der Waals surface area (Å²) in [6.07, 6.45) is 0. The lowest BCUT2D eigenvalue weighted by molar-refractivity contribution is 0.435. The van der Waals surface area contributed by atoms with E-state index in [1.54, 1.807) is 6.07 Å². The molecule has 0 fully saturated rings. The van der Waals surface area contributed by atoms with E-state index in [0.29, 0.717) is 11.6 Å². The Balaban J connectivity index is 2.59. The summed E-state index contributed by atoms with van der Waals surface area (Å²) in [6, 6.07) is 4.49. The molecule has 1 heterocycles. The van der Waals surface area contributed by atoms with Crippen LogP contribution < -0.4 is 5.73 Å².